The van der Waals surface area contributed by atoms with Gasteiger partial charge in [0.05, 0.1) is 32.0 Å². The van der Waals surface area contributed by atoms with Gasteiger partial charge in [0.2, 0.25) is 5.91 Å². The number of carbonyl (C=O) groups is 1. The van der Waals surface area contributed by atoms with E-state index in [9.17, 15) is 45.6 Å². The first-order valence-electron chi connectivity index (χ1n) is 35.9. The highest BCUT2D eigenvalue weighted by Gasteiger charge is 2.51. The van der Waals surface area contributed by atoms with Crippen LogP contribution < -0.4 is 5.32 Å². The van der Waals surface area contributed by atoms with Gasteiger partial charge in [0.15, 0.2) is 12.6 Å². The predicted octanol–water partition coefficient (Wildman–Crippen LogP) is 15.1. The van der Waals surface area contributed by atoms with E-state index in [4.69, 9.17) is 18.9 Å². The zero-order chi connectivity index (χ0) is 65.9. The number of ether oxygens (including phenoxy) is 4. The summed E-state index contributed by atoms with van der Waals surface area (Å²) in [4.78, 5) is 13.3. The Hall–Kier alpha value is -3.87. The Labute approximate surface area is 551 Å². The molecule has 0 aromatic rings. The third-order valence-corrected chi connectivity index (χ3v) is 16.5. The largest absolute Gasteiger partial charge is 0.394 e. The van der Waals surface area contributed by atoms with Gasteiger partial charge in [-0.2, -0.15) is 0 Å². The molecule has 1 amide bonds. The Morgan fingerprint density at radius 1 is 0.407 bits per heavy atom. The molecule has 2 aliphatic heterocycles. The molecule has 2 aliphatic rings. The molecule has 2 fully saturated rings. The van der Waals surface area contributed by atoms with Gasteiger partial charge >= 0.3 is 0 Å². The molecule has 0 saturated carbocycles. The molecule has 2 saturated heterocycles. The number of hydrogen-bond donors (Lipinski definition) is 9. The van der Waals surface area contributed by atoms with Gasteiger partial charge in [0.1, 0.15) is 48.8 Å². The van der Waals surface area contributed by atoms with E-state index >= 15 is 0 Å². The maximum atomic E-state index is 13.3. The smallest absolute Gasteiger partial charge is 0.220 e. The van der Waals surface area contributed by atoms with Crippen LogP contribution in [0.1, 0.15) is 251 Å². The van der Waals surface area contributed by atoms with Gasteiger partial charge < -0.3 is 65.1 Å². The molecule has 14 nitrogen and oxygen atoms in total. The van der Waals surface area contributed by atoms with Crippen molar-refractivity contribution < 1.29 is 64.6 Å². The molecule has 14 heteroatoms. The highest BCUT2D eigenvalue weighted by Crippen LogP contribution is 2.30. The van der Waals surface area contributed by atoms with Crippen LogP contribution in [0.3, 0.4) is 0 Å². The summed E-state index contributed by atoms with van der Waals surface area (Å²) >= 11 is 0. The second kappa shape index (κ2) is 59.8. The lowest BCUT2D eigenvalue weighted by Crippen LogP contribution is -2.65. The van der Waals surface area contributed by atoms with Crippen molar-refractivity contribution in [3.05, 3.63) is 134 Å². The van der Waals surface area contributed by atoms with Crippen LogP contribution in [0.25, 0.3) is 0 Å². The minimum Gasteiger partial charge on any atom is -0.394 e. The molecule has 520 valence electrons. The minimum atomic E-state index is -1.80. The summed E-state index contributed by atoms with van der Waals surface area (Å²) in [5.41, 5.74) is 0. The highest BCUT2D eigenvalue weighted by atomic mass is 16.7. The number of allylic oxidation sites excluding steroid dienone is 21. The average molecular weight is 1280 g/mol. The minimum absolute atomic E-state index is 0.258. The van der Waals surface area contributed by atoms with Gasteiger partial charge in [-0.05, 0) is 109 Å². The number of amides is 1. The van der Waals surface area contributed by atoms with Gasteiger partial charge in [-0.25, -0.2) is 0 Å². The van der Waals surface area contributed by atoms with Crippen molar-refractivity contribution in [3.8, 4) is 0 Å². The molecule has 12 unspecified atom stereocenters. The van der Waals surface area contributed by atoms with Gasteiger partial charge in [0.25, 0.3) is 0 Å². The topological polar surface area (TPSA) is 228 Å². The molecule has 0 bridgehead atoms. The van der Waals surface area contributed by atoms with Crippen molar-refractivity contribution >= 4 is 5.91 Å². The van der Waals surface area contributed by atoms with Crippen LogP contribution in [0.15, 0.2) is 134 Å². The molecule has 91 heavy (non-hydrogen) atoms. The number of rotatable bonds is 57. The summed E-state index contributed by atoms with van der Waals surface area (Å²) in [7, 11) is 0. The van der Waals surface area contributed by atoms with Crippen LogP contribution >= 0.6 is 0 Å². The van der Waals surface area contributed by atoms with Crippen LogP contribution in [0.2, 0.25) is 0 Å². The van der Waals surface area contributed by atoms with Gasteiger partial charge in [-0.15, -0.1) is 0 Å². The first-order chi connectivity index (χ1) is 44.6. The fourth-order valence-corrected chi connectivity index (χ4v) is 10.9. The Bertz CT molecular complexity index is 2040. The molecule has 0 radical (unpaired) electrons. The second-order valence-corrected chi connectivity index (χ2v) is 24.6. The SMILES string of the molecule is CC/C=C\C/C=C\C/C=C\C/C=C\C/C=C\C/C=C\C/C=C\C/C=C\CCCCCCCCCCCCCCCCC(=O)NC(COC1OC(CO)C(OC2OC(CO)C(O)C(O)C2O)C(O)C1O)C(O)/C=C/CC/C=C/CC/C=C/CCCCCCCCCC. The van der Waals surface area contributed by atoms with Gasteiger partial charge in [-0.3, -0.25) is 4.79 Å². The van der Waals surface area contributed by atoms with E-state index in [1.807, 2.05) is 6.08 Å². The molecule has 0 aliphatic carbocycles. The molecule has 2 rings (SSSR count). The third kappa shape index (κ3) is 43.7. The Balaban J connectivity index is 1.63. The summed E-state index contributed by atoms with van der Waals surface area (Å²) in [5.74, 6) is -0.258. The van der Waals surface area contributed by atoms with E-state index in [0.717, 1.165) is 103 Å². The lowest BCUT2D eigenvalue weighted by atomic mass is 9.97. The van der Waals surface area contributed by atoms with Gasteiger partial charge in [0, 0.05) is 6.42 Å². The zero-order valence-electron chi connectivity index (χ0n) is 56.5. The summed E-state index contributed by atoms with van der Waals surface area (Å²) in [6, 6.07) is -0.947. The fourth-order valence-electron chi connectivity index (χ4n) is 10.9. The summed E-state index contributed by atoms with van der Waals surface area (Å²) in [6.45, 7) is 2.65. The lowest BCUT2D eigenvalue weighted by molar-refractivity contribution is -0.359. The molecule has 2 heterocycles. The van der Waals surface area contributed by atoms with Crippen LogP contribution in [-0.4, -0.2) is 140 Å². The van der Waals surface area contributed by atoms with Crippen LogP contribution in [0, 0.1) is 0 Å². The highest BCUT2D eigenvalue weighted by molar-refractivity contribution is 5.76. The van der Waals surface area contributed by atoms with Crippen molar-refractivity contribution in [1.82, 2.24) is 5.32 Å². The number of unbranched alkanes of at least 4 members (excludes halogenated alkanes) is 24. The Morgan fingerprint density at radius 2 is 0.769 bits per heavy atom. The average Bonchev–Trinajstić information content (AvgIpc) is 1.19. The van der Waals surface area contributed by atoms with Crippen molar-refractivity contribution in [3.63, 3.8) is 0 Å². The zero-order valence-corrected chi connectivity index (χ0v) is 56.5. The molecule has 12 atom stereocenters. The standard InChI is InChI=1S/C77H129NO13/c1-3-5-7-9-11-13-15-17-19-21-23-24-25-26-27-28-29-30-31-32-33-34-35-36-37-38-39-40-41-42-43-45-47-49-51-53-55-57-59-61-69(82)78-65(66(81)60-58-56-54-52-50-48-46-44-22-20-18-16-14-12-10-8-6-4-2)64-88-76-74(87)72(85)75(68(63-80)90-76)91-77-73(86)71(84)70(83)67(62-79)89-77/h5,7,11,13,17,19,22-24,26-27,29-30,32-33,35-36,44,50,52,58,60,65-68,70-77,79-81,83-87H,3-4,6,8-10,12,14-16,18,20-21,25,28,31,34,37-43,45-49,51,53-57,59,61-64H2,1-2H3,(H,78,82)/b7-5-,13-11-,19-17-,24-23-,27-26-,30-29-,33-32-,36-35-,44-22+,52-50+,60-58+. The van der Waals surface area contributed by atoms with Crippen molar-refractivity contribution in [2.24, 2.45) is 0 Å². The monoisotopic (exact) mass is 1280 g/mol. The first kappa shape index (κ1) is 83.2. The molecular formula is C77H129NO13. The summed E-state index contributed by atoms with van der Waals surface area (Å²) in [5, 5.41) is 87.3. The number of hydrogen-bond acceptors (Lipinski definition) is 13. The molecule has 0 aromatic heterocycles. The quantitative estimate of drug-likeness (QED) is 0.0204. The lowest BCUT2D eigenvalue weighted by Gasteiger charge is -2.46. The van der Waals surface area contributed by atoms with E-state index in [-0.39, 0.29) is 18.9 Å². The Morgan fingerprint density at radius 3 is 1.21 bits per heavy atom. The van der Waals surface area contributed by atoms with Crippen molar-refractivity contribution in [1.29, 1.82) is 0 Å². The van der Waals surface area contributed by atoms with E-state index in [1.165, 1.54) is 116 Å². The number of carbonyl (C=O) groups excluding carboxylic acids is 1. The van der Waals surface area contributed by atoms with Crippen molar-refractivity contribution in [2.75, 3.05) is 19.8 Å². The number of nitrogens with one attached hydrogen (secondary N) is 1. The third-order valence-electron chi connectivity index (χ3n) is 16.5. The maximum absolute atomic E-state index is 13.3. The normalized spacial score (nSPS) is 23.6. The fraction of sp³-hybridized carbons (Fsp3) is 0.701. The van der Waals surface area contributed by atoms with Crippen LogP contribution in [0.5, 0.6) is 0 Å². The number of aliphatic hydroxyl groups is 8. The first-order valence-corrected chi connectivity index (χ1v) is 35.9. The Kier molecular flexibility index (Phi) is 54.7. The van der Waals surface area contributed by atoms with Crippen molar-refractivity contribution in [2.45, 2.75) is 325 Å². The maximum Gasteiger partial charge on any atom is 0.220 e. The van der Waals surface area contributed by atoms with Gasteiger partial charge in [-0.1, -0.05) is 270 Å². The van der Waals surface area contributed by atoms with E-state index in [0.29, 0.717) is 12.8 Å². The second-order valence-electron chi connectivity index (χ2n) is 24.6. The van der Waals surface area contributed by atoms with Crippen LogP contribution in [-0.2, 0) is 23.7 Å². The van der Waals surface area contributed by atoms with E-state index in [1.54, 1.807) is 6.08 Å². The molecule has 0 spiro atoms. The summed E-state index contributed by atoms with van der Waals surface area (Å²) < 4.78 is 22.8. The van der Waals surface area contributed by atoms with E-state index < -0.39 is 86.8 Å². The van der Waals surface area contributed by atoms with Crippen LogP contribution in [0.4, 0.5) is 0 Å². The molecular weight excluding hydrogens is 1150 g/mol. The molecule has 9 N–H and O–H groups in total. The molecule has 0 aromatic carbocycles. The summed E-state index contributed by atoms with van der Waals surface area (Å²) in [6.07, 6.45) is 72.2. The predicted molar refractivity (Wildman–Crippen MR) is 373 cm³/mol. The number of aliphatic hydroxyl groups excluding tert-OH is 8. The van der Waals surface area contributed by atoms with E-state index in [2.05, 4.69) is 141 Å².